The van der Waals surface area contributed by atoms with Gasteiger partial charge in [-0.3, -0.25) is 0 Å². The first kappa shape index (κ1) is 11.5. The molecular weight excluding hydrogens is 218 g/mol. The van der Waals surface area contributed by atoms with Gasteiger partial charge in [-0.1, -0.05) is 6.07 Å². The predicted molar refractivity (Wildman–Crippen MR) is 65.1 cm³/mol. The second kappa shape index (κ2) is 4.93. The van der Waals surface area contributed by atoms with Gasteiger partial charge in [-0.25, -0.2) is 0 Å². The molecular formula is C13H15NO3. The second-order valence-corrected chi connectivity index (χ2v) is 3.50. The lowest BCUT2D eigenvalue weighted by molar-refractivity contribution is 0.397. The van der Waals surface area contributed by atoms with Crippen molar-refractivity contribution in [3.8, 4) is 22.6 Å². The predicted octanol–water partition coefficient (Wildman–Crippen LogP) is 2.42. The van der Waals surface area contributed by atoms with Crippen molar-refractivity contribution in [3.05, 3.63) is 36.3 Å². The van der Waals surface area contributed by atoms with Crippen LogP contribution in [0.5, 0.6) is 11.5 Å². The van der Waals surface area contributed by atoms with E-state index in [-0.39, 0.29) is 0 Å². The third-order valence-corrected chi connectivity index (χ3v) is 2.63. The molecule has 0 unspecified atom stereocenters. The SMILES string of the molecule is COc1cccc(OC)c1-c1ccoc1CN. The van der Waals surface area contributed by atoms with Crippen molar-refractivity contribution in [2.75, 3.05) is 14.2 Å². The van der Waals surface area contributed by atoms with Crippen molar-refractivity contribution in [1.29, 1.82) is 0 Å². The zero-order valence-corrected chi connectivity index (χ0v) is 9.90. The van der Waals surface area contributed by atoms with Gasteiger partial charge in [0, 0.05) is 5.56 Å². The van der Waals surface area contributed by atoms with E-state index in [9.17, 15) is 0 Å². The van der Waals surface area contributed by atoms with Crippen LogP contribution >= 0.6 is 0 Å². The summed E-state index contributed by atoms with van der Waals surface area (Å²) < 4.78 is 16.0. The smallest absolute Gasteiger partial charge is 0.130 e. The van der Waals surface area contributed by atoms with Gasteiger partial charge >= 0.3 is 0 Å². The van der Waals surface area contributed by atoms with Crippen molar-refractivity contribution >= 4 is 0 Å². The fraction of sp³-hybridized carbons (Fsp3) is 0.231. The monoisotopic (exact) mass is 233 g/mol. The molecule has 2 N–H and O–H groups in total. The Bertz CT molecular complexity index is 483. The molecule has 0 aliphatic carbocycles. The van der Waals surface area contributed by atoms with Crippen LogP contribution < -0.4 is 15.2 Å². The van der Waals surface area contributed by atoms with Crippen LogP contribution in [0.25, 0.3) is 11.1 Å². The van der Waals surface area contributed by atoms with E-state index < -0.39 is 0 Å². The van der Waals surface area contributed by atoms with Gasteiger partial charge in [0.05, 0.1) is 32.6 Å². The average Bonchev–Trinajstić information content (AvgIpc) is 2.85. The van der Waals surface area contributed by atoms with E-state index in [1.54, 1.807) is 20.5 Å². The van der Waals surface area contributed by atoms with Crippen LogP contribution in [0.2, 0.25) is 0 Å². The van der Waals surface area contributed by atoms with Gasteiger partial charge in [0.1, 0.15) is 17.3 Å². The molecule has 0 saturated carbocycles. The molecule has 4 heteroatoms. The van der Waals surface area contributed by atoms with Crippen molar-refractivity contribution in [2.45, 2.75) is 6.54 Å². The van der Waals surface area contributed by atoms with E-state index in [1.165, 1.54) is 0 Å². The van der Waals surface area contributed by atoms with Crippen LogP contribution in [0.1, 0.15) is 5.76 Å². The van der Waals surface area contributed by atoms with Crippen LogP contribution in [0.15, 0.2) is 34.9 Å². The Labute approximate surface area is 99.9 Å². The molecule has 1 aromatic heterocycles. The van der Waals surface area contributed by atoms with Gasteiger partial charge in [0.2, 0.25) is 0 Å². The number of hydrogen-bond acceptors (Lipinski definition) is 4. The van der Waals surface area contributed by atoms with Crippen LogP contribution in [0.3, 0.4) is 0 Å². The standard InChI is InChI=1S/C13H15NO3/c1-15-10-4-3-5-11(16-2)13(10)9-6-7-17-12(9)8-14/h3-7H,8,14H2,1-2H3. The van der Waals surface area contributed by atoms with Gasteiger partial charge < -0.3 is 19.6 Å². The average molecular weight is 233 g/mol. The summed E-state index contributed by atoms with van der Waals surface area (Å²) in [5, 5.41) is 0. The van der Waals surface area contributed by atoms with Gasteiger partial charge in [-0.2, -0.15) is 0 Å². The minimum Gasteiger partial charge on any atom is -0.496 e. The number of nitrogens with two attached hydrogens (primary N) is 1. The normalized spacial score (nSPS) is 10.3. The summed E-state index contributed by atoms with van der Waals surface area (Å²) in [6.07, 6.45) is 1.61. The number of ether oxygens (including phenoxy) is 2. The number of methoxy groups -OCH3 is 2. The molecule has 4 nitrogen and oxygen atoms in total. The molecule has 2 aromatic rings. The maximum absolute atomic E-state index is 5.64. The summed E-state index contributed by atoms with van der Waals surface area (Å²) in [5.41, 5.74) is 7.41. The lowest BCUT2D eigenvalue weighted by Crippen LogP contribution is -1.98. The molecule has 1 aromatic carbocycles. The lowest BCUT2D eigenvalue weighted by Gasteiger charge is -2.12. The largest absolute Gasteiger partial charge is 0.496 e. The highest BCUT2D eigenvalue weighted by molar-refractivity contribution is 5.78. The summed E-state index contributed by atoms with van der Waals surface area (Å²) in [6, 6.07) is 7.50. The third-order valence-electron chi connectivity index (χ3n) is 2.63. The highest BCUT2D eigenvalue weighted by Gasteiger charge is 2.16. The first-order valence-corrected chi connectivity index (χ1v) is 5.29. The number of hydrogen-bond donors (Lipinski definition) is 1. The second-order valence-electron chi connectivity index (χ2n) is 3.50. The number of furan rings is 1. The fourth-order valence-corrected chi connectivity index (χ4v) is 1.84. The van der Waals surface area contributed by atoms with E-state index in [0.29, 0.717) is 12.3 Å². The van der Waals surface area contributed by atoms with Gasteiger partial charge in [0.15, 0.2) is 0 Å². The molecule has 0 spiro atoms. The highest BCUT2D eigenvalue weighted by atomic mass is 16.5. The van der Waals surface area contributed by atoms with Crippen molar-refractivity contribution in [2.24, 2.45) is 5.73 Å². The van der Waals surface area contributed by atoms with Crippen molar-refractivity contribution in [3.63, 3.8) is 0 Å². The molecule has 0 radical (unpaired) electrons. The van der Waals surface area contributed by atoms with E-state index in [4.69, 9.17) is 19.6 Å². The minimum absolute atomic E-state index is 0.337. The topological polar surface area (TPSA) is 57.6 Å². The maximum Gasteiger partial charge on any atom is 0.130 e. The van der Waals surface area contributed by atoms with E-state index in [0.717, 1.165) is 22.6 Å². The van der Waals surface area contributed by atoms with E-state index in [2.05, 4.69) is 0 Å². The Morgan fingerprint density at radius 3 is 2.29 bits per heavy atom. The van der Waals surface area contributed by atoms with Crippen LogP contribution in [0, 0.1) is 0 Å². The number of rotatable bonds is 4. The first-order chi connectivity index (χ1) is 8.31. The molecule has 17 heavy (non-hydrogen) atoms. The lowest BCUT2D eigenvalue weighted by atomic mass is 10.0. The Morgan fingerprint density at radius 1 is 1.12 bits per heavy atom. The Morgan fingerprint density at radius 2 is 1.76 bits per heavy atom. The zero-order chi connectivity index (χ0) is 12.3. The summed E-state index contributed by atoms with van der Waals surface area (Å²) in [7, 11) is 3.25. The first-order valence-electron chi connectivity index (χ1n) is 5.29. The molecule has 1 heterocycles. The van der Waals surface area contributed by atoms with E-state index in [1.807, 2.05) is 24.3 Å². The van der Waals surface area contributed by atoms with Crippen molar-refractivity contribution in [1.82, 2.24) is 0 Å². The summed E-state index contributed by atoms with van der Waals surface area (Å²) in [5.74, 6) is 2.19. The van der Waals surface area contributed by atoms with Crippen LogP contribution in [-0.2, 0) is 6.54 Å². The summed E-state index contributed by atoms with van der Waals surface area (Å²) in [4.78, 5) is 0. The van der Waals surface area contributed by atoms with Gasteiger partial charge in [0.25, 0.3) is 0 Å². The molecule has 90 valence electrons. The molecule has 0 bridgehead atoms. The van der Waals surface area contributed by atoms with Crippen LogP contribution in [-0.4, -0.2) is 14.2 Å². The molecule has 0 amide bonds. The quantitative estimate of drug-likeness (QED) is 0.881. The molecule has 0 fully saturated rings. The molecule has 0 aliphatic rings. The van der Waals surface area contributed by atoms with Gasteiger partial charge in [-0.15, -0.1) is 0 Å². The third kappa shape index (κ3) is 1.99. The zero-order valence-electron chi connectivity index (χ0n) is 9.90. The summed E-state index contributed by atoms with van der Waals surface area (Å²) in [6.45, 7) is 0.337. The Kier molecular flexibility index (Phi) is 3.35. The fourth-order valence-electron chi connectivity index (χ4n) is 1.84. The highest BCUT2D eigenvalue weighted by Crippen LogP contribution is 2.40. The van der Waals surface area contributed by atoms with Gasteiger partial charge in [-0.05, 0) is 18.2 Å². The molecule has 0 atom stereocenters. The Hall–Kier alpha value is -1.94. The molecule has 0 saturated heterocycles. The maximum atomic E-state index is 5.64. The Balaban J connectivity index is 2.64. The number of benzene rings is 1. The summed E-state index contributed by atoms with van der Waals surface area (Å²) >= 11 is 0. The molecule has 0 aliphatic heterocycles. The van der Waals surface area contributed by atoms with Crippen LogP contribution in [0.4, 0.5) is 0 Å². The minimum atomic E-state index is 0.337. The van der Waals surface area contributed by atoms with E-state index >= 15 is 0 Å². The molecule has 2 rings (SSSR count). The van der Waals surface area contributed by atoms with Crippen molar-refractivity contribution < 1.29 is 13.9 Å².